The summed E-state index contributed by atoms with van der Waals surface area (Å²) in [5.41, 5.74) is 0. The zero-order valence-electron chi connectivity index (χ0n) is 9.71. The highest BCUT2D eigenvalue weighted by Crippen LogP contribution is 2.07. The Labute approximate surface area is 97.4 Å². The van der Waals surface area contributed by atoms with Gasteiger partial charge in [-0.2, -0.15) is 0 Å². The molecule has 1 saturated heterocycles. The molecule has 0 aromatic rings. The third kappa shape index (κ3) is 3.99. The van der Waals surface area contributed by atoms with Crippen LogP contribution in [0.1, 0.15) is 20.3 Å². The van der Waals surface area contributed by atoms with Crippen molar-refractivity contribution in [2.45, 2.75) is 20.3 Å². The molecule has 4 heteroatoms. The summed E-state index contributed by atoms with van der Waals surface area (Å²) in [6.45, 7) is 8.64. The first-order valence-corrected chi connectivity index (χ1v) is 6.25. The number of hydrogen-bond donors (Lipinski definition) is 0. The van der Waals surface area contributed by atoms with Crippen LogP contribution >= 0.6 is 11.6 Å². The first-order valence-electron chi connectivity index (χ1n) is 5.72. The van der Waals surface area contributed by atoms with Crippen LogP contribution in [-0.2, 0) is 4.79 Å². The van der Waals surface area contributed by atoms with Crippen LogP contribution in [-0.4, -0.2) is 54.3 Å². The lowest BCUT2D eigenvalue weighted by molar-refractivity contribution is -0.134. The fourth-order valence-electron chi connectivity index (χ4n) is 1.90. The molecule has 0 N–H and O–H groups in total. The lowest BCUT2D eigenvalue weighted by atomic mass is 10.2. The SMILES string of the molecule is CC(C)C(=O)N1CCCN(CCCl)CC1. The summed E-state index contributed by atoms with van der Waals surface area (Å²) >= 11 is 5.72. The minimum absolute atomic E-state index is 0.115. The van der Waals surface area contributed by atoms with Crippen molar-refractivity contribution in [3.63, 3.8) is 0 Å². The van der Waals surface area contributed by atoms with Crippen molar-refractivity contribution >= 4 is 17.5 Å². The first-order chi connectivity index (χ1) is 7.15. The van der Waals surface area contributed by atoms with Crippen molar-refractivity contribution in [2.24, 2.45) is 5.92 Å². The molecule has 1 aliphatic heterocycles. The molecule has 0 saturated carbocycles. The lowest BCUT2D eigenvalue weighted by Crippen LogP contribution is -2.37. The third-order valence-corrected chi connectivity index (χ3v) is 2.96. The van der Waals surface area contributed by atoms with E-state index in [2.05, 4.69) is 4.90 Å². The molecule has 0 bridgehead atoms. The van der Waals surface area contributed by atoms with Crippen molar-refractivity contribution in [3.8, 4) is 0 Å². The van der Waals surface area contributed by atoms with Gasteiger partial charge in [0.05, 0.1) is 0 Å². The molecular formula is C11H21ClN2O. The summed E-state index contributed by atoms with van der Waals surface area (Å²) in [7, 11) is 0. The number of alkyl halides is 1. The molecule has 1 aliphatic rings. The van der Waals surface area contributed by atoms with E-state index in [9.17, 15) is 4.79 Å². The van der Waals surface area contributed by atoms with Gasteiger partial charge in [-0.05, 0) is 13.0 Å². The van der Waals surface area contributed by atoms with Crippen LogP contribution in [0.3, 0.4) is 0 Å². The molecule has 0 spiro atoms. The Kier molecular flexibility index (Phi) is 5.40. The summed E-state index contributed by atoms with van der Waals surface area (Å²) in [5.74, 6) is 1.07. The fourth-order valence-corrected chi connectivity index (χ4v) is 2.14. The quantitative estimate of drug-likeness (QED) is 0.688. The maximum atomic E-state index is 11.8. The lowest BCUT2D eigenvalue weighted by Gasteiger charge is -2.23. The number of carbonyl (C=O) groups is 1. The Morgan fingerprint density at radius 1 is 1.27 bits per heavy atom. The Morgan fingerprint density at radius 2 is 2.00 bits per heavy atom. The fraction of sp³-hybridized carbons (Fsp3) is 0.909. The zero-order chi connectivity index (χ0) is 11.3. The Balaban J connectivity index is 2.42. The normalized spacial score (nSPS) is 19.3. The maximum absolute atomic E-state index is 11.8. The highest BCUT2D eigenvalue weighted by Gasteiger charge is 2.20. The van der Waals surface area contributed by atoms with Gasteiger partial charge in [0, 0.05) is 38.0 Å². The van der Waals surface area contributed by atoms with E-state index < -0.39 is 0 Å². The Hall–Kier alpha value is -0.280. The predicted molar refractivity (Wildman–Crippen MR) is 63.2 cm³/mol. The number of hydrogen-bond acceptors (Lipinski definition) is 2. The molecule has 0 aromatic carbocycles. The van der Waals surface area contributed by atoms with E-state index in [0.29, 0.717) is 5.88 Å². The number of rotatable bonds is 3. The molecule has 1 rings (SSSR count). The largest absolute Gasteiger partial charge is 0.341 e. The van der Waals surface area contributed by atoms with E-state index in [1.54, 1.807) is 0 Å². The molecule has 0 radical (unpaired) electrons. The van der Waals surface area contributed by atoms with Gasteiger partial charge >= 0.3 is 0 Å². The van der Waals surface area contributed by atoms with Crippen molar-refractivity contribution in [1.82, 2.24) is 9.80 Å². The number of nitrogens with zero attached hydrogens (tertiary/aromatic N) is 2. The summed E-state index contributed by atoms with van der Waals surface area (Å²) < 4.78 is 0. The molecule has 0 unspecified atom stereocenters. The molecule has 1 amide bonds. The molecule has 0 atom stereocenters. The van der Waals surface area contributed by atoms with Gasteiger partial charge in [0.15, 0.2) is 0 Å². The van der Waals surface area contributed by atoms with Gasteiger partial charge < -0.3 is 9.80 Å². The van der Waals surface area contributed by atoms with Gasteiger partial charge in [-0.15, -0.1) is 11.6 Å². The molecule has 1 heterocycles. The topological polar surface area (TPSA) is 23.6 Å². The average Bonchev–Trinajstić information content (AvgIpc) is 2.43. The predicted octanol–water partition coefficient (Wildman–Crippen LogP) is 1.42. The van der Waals surface area contributed by atoms with Crippen molar-refractivity contribution in [2.75, 3.05) is 38.6 Å². The van der Waals surface area contributed by atoms with E-state index in [-0.39, 0.29) is 11.8 Å². The number of amides is 1. The smallest absolute Gasteiger partial charge is 0.225 e. The minimum Gasteiger partial charge on any atom is -0.341 e. The van der Waals surface area contributed by atoms with Crippen LogP contribution < -0.4 is 0 Å². The van der Waals surface area contributed by atoms with Crippen LogP contribution in [0.25, 0.3) is 0 Å². The van der Waals surface area contributed by atoms with Crippen LogP contribution in [0.2, 0.25) is 0 Å². The van der Waals surface area contributed by atoms with Crippen molar-refractivity contribution < 1.29 is 4.79 Å². The second-order valence-electron chi connectivity index (χ2n) is 4.36. The van der Waals surface area contributed by atoms with Crippen LogP contribution in [0, 0.1) is 5.92 Å². The van der Waals surface area contributed by atoms with E-state index in [0.717, 1.165) is 39.1 Å². The molecule has 0 aromatic heterocycles. The number of carbonyl (C=O) groups excluding carboxylic acids is 1. The minimum atomic E-state index is 0.115. The first kappa shape index (κ1) is 12.8. The van der Waals surface area contributed by atoms with Crippen molar-refractivity contribution in [1.29, 1.82) is 0 Å². The highest BCUT2D eigenvalue weighted by molar-refractivity contribution is 6.18. The highest BCUT2D eigenvalue weighted by atomic mass is 35.5. The molecular weight excluding hydrogens is 212 g/mol. The molecule has 1 fully saturated rings. The second kappa shape index (κ2) is 6.33. The van der Waals surface area contributed by atoms with Crippen LogP contribution in [0.15, 0.2) is 0 Å². The third-order valence-electron chi connectivity index (χ3n) is 2.79. The van der Waals surface area contributed by atoms with Crippen molar-refractivity contribution in [3.05, 3.63) is 0 Å². The molecule has 88 valence electrons. The average molecular weight is 233 g/mol. The summed E-state index contributed by atoms with van der Waals surface area (Å²) in [6, 6.07) is 0. The van der Waals surface area contributed by atoms with Crippen LogP contribution in [0.5, 0.6) is 0 Å². The van der Waals surface area contributed by atoms with Gasteiger partial charge in [0.1, 0.15) is 0 Å². The van der Waals surface area contributed by atoms with Gasteiger partial charge in [-0.25, -0.2) is 0 Å². The van der Waals surface area contributed by atoms with Gasteiger partial charge in [-0.3, -0.25) is 4.79 Å². The van der Waals surface area contributed by atoms with E-state index in [4.69, 9.17) is 11.6 Å². The standard InChI is InChI=1S/C11H21ClN2O/c1-10(2)11(15)14-6-3-5-13(7-4-12)8-9-14/h10H,3-9H2,1-2H3. The maximum Gasteiger partial charge on any atom is 0.225 e. The summed E-state index contributed by atoms with van der Waals surface area (Å²) in [6.07, 6.45) is 1.06. The summed E-state index contributed by atoms with van der Waals surface area (Å²) in [4.78, 5) is 16.1. The van der Waals surface area contributed by atoms with Gasteiger partial charge in [0.2, 0.25) is 5.91 Å². The second-order valence-corrected chi connectivity index (χ2v) is 4.74. The van der Waals surface area contributed by atoms with Crippen LogP contribution in [0.4, 0.5) is 0 Å². The monoisotopic (exact) mass is 232 g/mol. The van der Waals surface area contributed by atoms with E-state index >= 15 is 0 Å². The molecule has 0 aliphatic carbocycles. The molecule has 15 heavy (non-hydrogen) atoms. The summed E-state index contributed by atoms with van der Waals surface area (Å²) in [5, 5.41) is 0. The number of halogens is 1. The zero-order valence-corrected chi connectivity index (χ0v) is 10.5. The van der Waals surface area contributed by atoms with E-state index in [1.807, 2.05) is 18.7 Å². The Morgan fingerprint density at radius 3 is 2.60 bits per heavy atom. The molecule has 3 nitrogen and oxygen atoms in total. The van der Waals surface area contributed by atoms with Gasteiger partial charge in [-0.1, -0.05) is 13.8 Å². The van der Waals surface area contributed by atoms with E-state index in [1.165, 1.54) is 0 Å². The Bertz CT molecular complexity index is 209. The van der Waals surface area contributed by atoms with Gasteiger partial charge in [0.25, 0.3) is 0 Å².